The maximum Gasteiger partial charge on any atom is 0.104 e. The maximum atomic E-state index is 10.1. The van der Waals surface area contributed by atoms with Crippen molar-refractivity contribution in [2.75, 3.05) is 0 Å². The lowest BCUT2D eigenvalue weighted by Gasteiger charge is -2.42. The quantitative estimate of drug-likeness (QED) is 0.267. The van der Waals surface area contributed by atoms with E-state index in [-0.39, 0.29) is 0 Å². The number of allylic oxidation sites excluding steroid dienone is 3. The van der Waals surface area contributed by atoms with Crippen molar-refractivity contribution >= 4 is 12.6 Å². The number of hydrogen-bond donors (Lipinski definition) is 4. The van der Waals surface area contributed by atoms with Gasteiger partial charge in [0.15, 0.2) is 0 Å². The Balaban J connectivity index is 1.65. The maximum absolute atomic E-state index is 10.1. The first-order valence-corrected chi connectivity index (χ1v) is 11.9. The Morgan fingerprint density at radius 2 is 2.00 bits per heavy atom. The smallest absolute Gasteiger partial charge is 0.104 e. The van der Waals surface area contributed by atoms with Gasteiger partial charge in [-0.15, -0.1) is 12.6 Å². The van der Waals surface area contributed by atoms with Crippen LogP contribution in [0, 0.1) is 17.3 Å². The Labute approximate surface area is 182 Å². The van der Waals surface area contributed by atoms with Crippen molar-refractivity contribution in [3.05, 3.63) is 35.5 Å². The van der Waals surface area contributed by atoms with Gasteiger partial charge in [-0.3, -0.25) is 0 Å². The van der Waals surface area contributed by atoms with E-state index in [0.29, 0.717) is 24.2 Å². The molecular weight excluding hydrogens is 380 g/mol. The average Bonchev–Trinajstić information content (AvgIpc) is 2.96. The van der Waals surface area contributed by atoms with Gasteiger partial charge in [0.2, 0.25) is 0 Å². The topological polar surface area (TPSA) is 60.7 Å². The molecule has 0 saturated heterocycles. The van der Waals surface area contributed by atoms with Crippen molar-refractivity contribution in [1.29, 1.82) is 0 Å². The molecular formula is C25H40O3S. The molecule has 0 heterocycles. The Bertz CT molecular complexity index is 659. The van der Waals surface area contributed by atoms with Crippen molar-refractivity contribution in [3.8, 4) is 0 Å². The van der Waals surface area contributed by atoms with Crippen LogP contribution in [0.25, 0.3) is 0 Å². The fourth-order valence-corrected chi connectivity index (χ4v) is 6.29. The summed E-state index contributed by atoms with van der Waals surface area (Å²) in [6.45, 7) is 8.31. The lowest BCUT2D eigenvalue weighted by Crippen LogP contribution is -2.33. The molecule has 164 valence electrons. The van der Waals surface area contributed by atoms with E-state index in [1.807, 2.05) is 0 Å². The molecule has 3 nitrogen and oxygen atoms in total. The van der Waals surface area contributed by atoms with Crippen molar-refractivity contribution in [2.45, 2.75) is 102 Å². The summed E-state index contributed by atoms with van der Waals surface area (Å²) in [6, 6.07) is 0. The first-order chi connectivity index (χ1) is 13.6. The normalized spacial score (nSPS) is 40.3. The van der Waals surface area contributed by atoms with Crippen LogP contribution in [0.2, 0.25) is 0 Å². The summed E-state index contributed by atoms with van der Waals surface area (Å²) >= 11 is 4.23. The third kappa shape index (κ3) is 5.58. The molecule has 0 aromatic heterocycles. The predicted octanol–water partition coefficient (Wildman–Crippen LogP) is 5.33. The minimum Gasteiger partial charge on any atom is -0.393 e. The fourth-order valence-electron chi connectivity index (χ4n) is 6.14. The molecule has 3 saturated carbocycles. The van der Waals surface area contributed by atoms with E-state index in [0.717, 1.165) is 36.3 Å². The van der Waals surface area contributed by atoms with E-state index in [9.17, 15) is 15.3 Å². The zero-order chi connectivity index (χ0) is 21.2. The lowest BCUT2D eigenvalue weighted by molar-refractivity contribution is 0.0862. The number of aliphatic hydroxyl groups is 3. The average molecular weight is 421 g/mol. The SMILES string of the molecule is C=C1/C(=C\C=C2/CCC[C@]3(C)[C@@H](CCCCC(C)(O)S)CC[C@@H]23)C[C@@H](O)C[C@@H]1O. The Morgan fingerprint density at radius 3 is 2.72 bits per heavy atom. The summed E-state index contributed by atoms with van der Waals surface area (Å²) in [5.41, 5.74) is 3.71. The Hall–Kier alpha value is -0.550. The second-order valence-electron chi connectivity index (χ2n) is 10.2. The summed E-state index contributed by atoms with van der Waals surface area (Å²) in [4.78, 5) is -0.847. The molecule has 3 aliphatic rings. The van der Waals surface area contributed by atoms with Gasteiger partial charge in [-0.25, -0.2) is 0 Å². The number of hydrogen-bond acceptors (Lipinski definition) is 4. The molecule has 3 rings (SSSR count). The standard InChI is InChI=1S/C25H40O3S/c1-17-19(15-21(26)16-23(17)27)10-9-18-7-6-13-24(2)20(11-12-22(18)24)8-4-5-14-25(3,28)29/h9-10,20-23,26-29H,1,4-8,11-16H2,2-3H3/b18-9+,19-10-/t20-,21+,22-,23-,24+,25?/m0/s1. The van der Waals surface area contributed by atoms with Crippen LogP contribution in [-0.2, 0) is 0 Å². The van der Waals surface area contributed by atoms with Crippen LogP contribution < -0.4 is 0 Å². The van der Waals surface area contributed by atoms with Gasteiger partial charge < -0.3 is 15.3 Å². The molecule has 0 radical (unpaired) electrons. The van der Waals surface area contributed by atoms with Gasteiger partial charge in [-0.1, -0.05) is 37.6 Å². The minimum absolute atomic E-state index is 0.384. The van der Waals surface area contributed by atoms with E-state index in [1.54, 1.807) is 12.5 Å². The zero-order valence-electron chi connectivity index (χ0n) is 18.2. The highest BCUT2D eigenvalue weighted by molar-refractivity contribution is 7.81. The second-order valence-corrected chi connectivity index (χ2v) is 11.2. The van der Waals surface area contributed by atoms with Gasteiger partial charge >= 0.3 is 0 Å². The minimum atomic E-state index is -0.847. The first-order valence-electron chi connectivity index (χ1n) is 11.5. The number of aliphatic hydroxyl groups excluding tert-OH is 2. The van der Waals surface area contributed by atoms with E-state index in [1.165, 1.54) is 38.5 Å². The van der Waals surface area contributed by atoms with Crippen LogP contribution in [0.3, 0.4) is 0 Å². The molecule has 3 aliphatic carbocycles. The van der Waals surface area contributed by atoms with Crippen LogP contribution in [0.5, 0.6) is 0 Å². The van der Waals surface area contributed by atoms with E-state index < -0.39 is 17.1 Å². The summed E-state index contributed by atoms with van der Waals surface area (Å²) < 4.78 is 0. The fraction of sp³-hybridized carbons (Fsp3) is 0.760. The van der Waals surface area contributed by atoms with Crippen molar-refractivity contribution in [2.24, 2.45) is 17.3 Å². The highest BCUT2D eigenvalue weighted by Crippen LogP contribution is 2.58. The highest BCUT2D eigenvalue weighted by atomic mass is 32.1. The number of thiol groups is 1. The van der Waals surface area contributed by atoms with Gasteiger partial charge in [0, 0.05) is 6.42 Å². The predicted molar refractivity (Wildman–Crippen MR) is 123 cm³/mol. The van der Waals surface area contributed by atoms with Crippen LogP contribution in [0.15, 0.2) is 35.5 Å². The summed E-state index contributed by atoms with van der Waals surface area (Å²) in [6.07, 6.45) is 14.8. The van der Waals surface area contributed by atoms with Gasteiger partial charge in [-0.2, -0.15) is 0 Å². The summed E-state index contributed by atoms with van der Waals surface area (Å²) in [5.74, 6) is 1.42. The van der Waals surface area contributed by atoms with Gasteiger partial charge in [0.1, 0.15) is 4.93 Å². The molecule has 4 heteroatoms. The van der Waals surface area contributed by atoms with Crippen molar-refractivity contribution in [3.63, 3.8) is 0 Å². The monoisotopic (exact) mass is 420 g/mol. The molecule has 1 unspecified atom stereocenters. The van der Waals surface area contributed by atoms with Crippen LogP contribution in [0.1, 0.15) is 84.5 Å². The van der Waals surface area contributed by atoms with Gasteiger partial charge in [0.05, 0.1) is 12.2 Å². The third-order valence-corrected chi connectivity index (χ3v) is 8.10. The summed E-state index contributed by atoms with van der Waals surface area (Å²) in [5, 5.41) is 29.9. The Kier molecular flexibility index (Phi) is 7.41. The number of fused-ring (bicyclic) bond motifs is 1. The molecule has 0 spiro atoms. The van der Waals surface area contributed by atoms with Crippen LogP contribution in [-0.4, -0.2) is 32.5 Å². The molecule has 0 bridgehead atoms. The molecule has 6 atom stereocenters. The van der Waals surface area contributed by atoms with E-state index >= 15 is 0 Å². The first kappa shape index (κ1) is 23.1. The second kappa shape index (κ2) is 9.30. The van der Waals surface area contributed by atoms with Gasteiger partial charge in [-0.05, 0) is 93.1 Å². The van der Waals surface area contributed by atoms with Gasteiger partial charge in [0.25, 0.3) is 0 Å². The largest absolute Gasteiger partial charge is 0.393 e. The van der Waals surface area contributed by atoms with E-state index in [4.69, 9.17) is 0 Å². The Morgan fingerprint density at radius 1 is 1.24 bits per heavy atom. The molecule has 0 amide bonds. The molecule has 0 aromatic rings. The van der Waals surface area contributed by atoms with Crippen LogP contribution in [0.4, 0.5) is 0 Å². The molecule has 29 heavy (non-hydrogen) atoms. The molecule has 3 N–H and O–H groups in total. The molecule has 0 aliphatic heterocycles. The van der Waals surface area contributed by atoms with Crippen LogP contribution >= 0.6 is 12.6 Å². The summed E-state index contributed by atoms with van der Waals surface area (Å²) in [7, 11) is 0. The lowest BCUT2D eigenvalue weighted by atomic mass is 9.62. The van der Waals surface area contributed by atoms with Crippen molar-refractivity contribution < 1.29 is 15.3 Å². The molecule has 0 aromatic carbocycles. The van der Waals surface area contributed by atoms with Crippen molar-refractivity contribution in [1.82, 2.24) is 0 Å². The van der Waals surface area contributed by atoms with E-state index in [2.05, 4.69) is 38.3 Å². The number of unbranched alkanes of at least 4 members (excludes halogenated alkanes) is 1. The molecule has 3 fully saturated rings. The number of rotatable bonds is 6. The zero-order valence-corrected chi connectivity index (χ0v) is 19.1. The third-order valence-electron chi connectivity index (χ3n) is 7.88. The highest BCUT2D eigenvalue weighted by Gasteiger charge is 2.48.